The first-order valence-corrected chi connectivity index (χ1v) is 9.63. The van der Waals surface area contributed by atoms with Crippen molar-refractivity contribution in [1.29, 1.82) is 0 Å². The minimum absolute atomic E-state index is 0.0505. The van der Waals surface area contributed by atoms with Crippen LogP contribution in [-0.2, 0) is 19.4 Å². The van der Waals surface area contributed by atoms with Gasteiger partial charge in [0.25, 0.3) is 0 Å². The quantitative estimate of drug-likeness (QED) is 0.678. The Bertz CT molecular complexity index is 754. The average Bonchev–Trinajstić information content (AvgIpc) is 2.43. The number of amides is 2. The number of carbonyl (C=O) groups excluding carboxylic acids is 2. The number of carbonyl (C=O) groups is 2. The molecule has 25 heavy (non-hydrogen) atoms. The summed E-state index contributed by atoms with van der Waals surface area (Å²) < 4.78 is 28.5. The van der Waals surface area contributed by atoms with Crippen LogP contribution in [0.5, 0.6) is 0 Å². The zero-order valence-electron chi connectivity index (χ0n) is 15.0. The van der Waals surface area contributed by atoms with Crippen LogP contribution in [0.25, 0.3) is 0 Å². The third-order valence-electron chi connectivity index (χ3n) is 3.14. The molecule has 0 saturated carbocycles. The first-order valence-electron chi connectivity index (χ1n) is 7.74. The Morgan fingerprint density at radius 3 is 2.36 bits per heavy atom. The number of hydrogen-bond donors (Lipinski definition) is 3. The van der Waals surface area contributed by atoms with Gasteiger partial charge in [0.15, 0.2) is 9.84 Å². The maximum Gasteiger partial charge on any atom is 0.408 e. The summed E-state index contributed by atoms with van der Waals surface area (Å²) in [5.41, 5.74) is 5.26. The van der Waals surface area contributed by atoms with Crippen molar-refractivity contribution in [2.45, 2.75) is 50.7 Å². The normalized spacial score (nSPS) is 13.0. The van der Waals surface area contributed by atoms with Crippen LogP contribution in [-0.4, -0.2) is 38.3 Å². The van der Waals surface area contributed by atoms with Gasteiger partial charge in [0.05, 0.1) is 16.3 Å². The molecule has 0 heterocycles. The van der Waals surface area contributed by atoms with Crippen LogP contribution in [0.15, 0.2) is 23.1 Å². The predicted molar refractivity (Wildman–Crippen MR) is 96.0 cm³/mol. The number of hydrogen-bond acceptors (Lipinski definition) is 6. The van der Waals surface area contributed by atoms with Gasteiger partial charge in [-0.25, -0.2) is 13.2 Å². The second-order valence-electron chi connectivity index (χ2n) is 6.59. The number of nitrogen functional groups attached to an aromatic ring is 1. The van der Waals surface area contributed by atoms with E-state index in [4.69, 9.17) is 10.5 Å². The highest BCUT2D eigenvalue weighted by atomic mass is 32.2. The lowest BCUT2D eigenvalue weighted by Crippen LogP contribution is -2.45. The first kappa shape index (κ1) is 20.8. The van der Waals surface area contributed by atoms with Crippen molar-refractivity contribution in [3.63, 3.8) is 0 Å². The Morgan fingerprint density at radius 1 is 1.28 bits per heavy atom. The summed E-state index contributed by atoms with van der Waals surface area (Å²) in [4.78, 5) is 24.1. The van der Waals surface area contributed by atoms with Gasteiger partial charge in [-0.3, -0.25) is 4.79 Å². The van der Waals surface area contributed by atoms with Crippen LogP contribution in [0.2, 0.25) is 0 Å². The maximum absolute atomic E-state index is 12.4. The fourth-order valence-corrected chi connectivity index (χ4v) is 2.83. The molecule has 0 aliphatic carbocycles. The highest BCUT2D eigenvalue weighted by molar-refractivity contribution is 7.90. The van der Waals surface area contributed by atoms with Crippen molar-refractivity contribution in [2.24, 2.45) is 0 Å². The van der Waals surface area contributed by atoms with Crippen molar-refractivity contribution in [3.8, 4) is 0 Å². The number of anilines is 2. The van der Waals surface area contributed by atoms with Crippen LogP contribution < -0.4 is 16.4 Å². The molecule has 0 bridgehead atoms. The van der Waals surface area contributed by atoms with E-state index in [1.165, 1.54) is 18.2 Å². The van der Waals surface area contributed by atoms with Gasteiger partial charge in [-0.15, -0.1) is 0 Å². The standard InChI is InChI=1S/C16H25N3O5S/c1-6-10(19-15(21)24-16(2,3)4)14(20)18-11-8-7-9-12(13(11)17)25(5,22)23/h7-10H,6,17H2,1-5H3,(H,18,20)(H,19,21). The highest BCUT2D eigenvalue weighted by Gasteiger charge is 2.24. The van der Waals surface area contributed by atoms with Gasteiger partial charge in [0.2, 0.25) is 5.91 Å². The highest BCUT2D eigenvalue weighted by Crippen LogP contribution is 2.26. The van der Waals surface area contributed by atoms with Gasteiger partial charge in [-0.2, -0.15) is 0 Å². The first-order chi connectivity index (χ1) is 11.3. The van der Waals surface area contributed by atoms with E-state index in [2.05, 4.69) is 10.6 Å². The van der Waals surface area contributed by atoms with E-state index in [-0.39, 0.29) is 16.3 Å². The number of rotatable bonds is 5. The van der Waals surface area contributed by atoms with Crippen LogP contribution in [0.4, 0.5) is 16.2 Å². The van der Waals surface area contributed by atoms with Gasteiger partial charge in [0, 0.05) is 6.26 Å². The molecule has 4 N–H and O–H groups in total. The number of alkyl carbamates (subject to hydrolysis) is 1. The molecule has 9 heteroatoms. The van der Waals surface area contributed by atoms with Gasteiger partial charge in [-0.05, 0) is 39.3 Å². The molecule has 1 rings (SSSR count). The molecule has 1 unspecified atom stereocenters. The third-order valence-corrected chi connectivity index (χ3v) is 4.29. The number of ether oxygens (including phenoxy) is 1. The molecule has 0 fully saturated rings. The van der Waals surface area contributed by atoms with Gasteiger partial charge >= 0.3 is 6.09 Å². The molecule has 1 aromatic carbocycles. The molecule has 1 atom stereocenters. The number of nitrogens with one attached hydrogen (secondary N) is 2. The Hall–Kier alpha value is -2.29. The summed E-state index contributed by atoms with van der Waals surface area (Å²) in [6, 6.07) is 3.47. The molecule has 0 spiro atoms. The van der Waals surface area contributed by atoms with Crippen LogP contribution >= 0.6 is 0 Å². The fraction of sp³-hybridized carbons (Fsp3) is 0.500. The topological polar surface area (TPSA) is 128 Å². The van der Waals surface area contributed by atoms with Crippen LogP contribution in [0, 0.1) is 0 Å². The largest absolute Gasteiger partial charge is 0.444 e. The maximum atomic E-state index is 12.4. The van der Waals surface area contributed by atoms with Crippen molar-refractivity contribution < 1.29 is 22.7 Å². The molecule has 8 nitrogen and oxygen atoms in total. The van der Waals surface area contributed by atoms with Crippen LogP contribution in [0.3, 0.4) is 0 Å². The lowest BCUT2D eigenvalue weighted by molar-refractivity contribution is -0.118. The molecular formula is C16H25N3O5S. The Labute approximate surface area is 148 Å². The summed E-state index contributed by atoms with van der Waals surface area (Å²) in [6.07, 6.45) is 0.632. The van der Waals surface area contributed by atoms with Gasteiger partial charge in [-0.1, -0.05) is 13.0 Å². The number of sulfone groups is 1. The van der Waals surface area contributed by atoms with E-state index in [0.29, 0.717) is 6.42 Å². The zero-order chi connectivity index (χ0) is 19.4. The van der Waals surface area contributed by atoms with E-state index in [9.17, 15) is 18.0 Å². The Balaban J connectivity index is 2.92. The number of nitrogens with two attached hydrogens (primary N) is 1. The summed E-state index contributed by atoms with van der Waals surface area (Å²) in [5, 5.41) is 5.02. The van der Waals surface area contributed by atoms with Crippen molar-refractivity contribution in [2.75, 3.05) is 17.3 Å². The number of para-hydroxylation sites is 1. The zero-order valence-corrected chi connectivity index (χ0v) is 15.9. The molecule has 2 amide bonds. The smallest absolute Gasteiger partial charge is 0.408 e. The summed E-state index contributed by atoms with van der Waals surface area (Å²) in [7, 11) is -3.52. The molecule has 0 aliphatic rings. The van der Waals surface area contributed by atoms with Crippen molar-refractivity contribution >= 4 is 33.2 Å². The summed E-state index contributed by atoms with van der Waals surface area (Å²) in [6.45, 7) is 6.86. The second-order valence-corrected chi connectivity index (χ2v) is 8.57. The van der Waals surface area contributed by atoms with E-state index in [0.717, 1.165) is 6.26 Å². The van der Waals surface area contributed by atoms with E-state index >= 15 is 0 Å². The predicted octanol–water partition coefficient (Wildman–Crippen LogP) is 1.91. The minimum atomic E-state index is -3.52. The molecule has 0 radical (unpaired) electrons. The number of benzene rings is 1. The van der Waals surface area contributed by atoms with E-state index < -0.39 is 33.5 Å². The molecule has 0 saturated heterocycles. The van der Waals surface area contributed by atoms with Gasteiger partial charge in [0.1, 0.15) is 11.6 Å². The lowest BCUT2D eigenvalue weighted by atomic mass is 10.2. The average molecular weight is 371 g/mol. The fourth-order valence-electron chi connectivity index (χ4n) is 2.00. The molecule has 0 aliphatic heterocycles. The van der Waals surface area contributed by atoms with Crippen LogP contribution in [0.1, 0.15) is 34.1 Å². The molecule has 1 aromatic rings. The van der Waals surface area contributed by atoms with Gasteiger partial charge < -0.3 is 21.1 Å². The Morgan fingerprint density at radius 2 is 1.88 bits per heavy atom. The van der Waals surface area contributed by atoms with E-state index in [1.807, 2.05) is 0 Å². The monoisotopic (exact) mass is 371 g/mol. The summed E-state index contributed by atoms with van der Waals surface area (Å²) in [5.74, 6) is -0.522. The van der Waals surface area contributed by atoms with Crippen molar-refractivity contribution in [1.82, 2.24) is 5.32 Å². The summed E-state index contributed by atoms with van der Waals surface area (Å²) >= 11 is 0. The molecular weight excluding hydrogens is 346 g/mol. The van der Waals surface area contributed by atoms with Crippen molar-refractivity contribution in [3.05, 3.63) is 18.2 Å². The second kappa shape index (κ2) is 7.73. The molecule has 140 valence electrons. The Kier molecular flexibility index (Phi) is 6.42. The third kappa shape index (κ3) is 6.26. The minimum Gasteiger partial charge on any atom is -0.444 e. The van der Waals surface area contributed by atoms with E-state index in [1.54, 1.807) is 27.7 Å². The lowest BCUT2D eigenvalue weighted by Gasteiger charge is -2.23. The SMILES string of the molecule is CCC(NC(=O)OC(C)(C)C)C(=O)Nc1cccc(S(C)(=O)=O)c1N. The molecule has 0 aromatic heterocycles.